The molecule has 0 spiro atoms. The lowest BCUT2D eigenvalue weighted by Gasteiger charge is -2.18. The highest BCUT2D eigenvalue weighted by molar-refractivity contribution is 5.99. The maximum Gasteiger partial charge on any atom is 0.182 e. The Morgan fingerprint density at radius 1 is 1.10 bits per heavy atom. The van der Waals surface area contributed by atoms with Crippen molar-refractivity contribution in [1.82, 2.24) is 0 Å². The van der Waals surface area contributed by atoms with Crippen molar-refractivity contribution in [2.45, 2.75) is 0 Å². The first-order valence-electron chi connectivity index (χ1n) is 6.41. The SMILES string of the molecule is COc1ccc(N(C)CC(=O)c2ccc(O)c(O)c2)cc1. The Bertz CT molecular complexity index is 637. The van der Waals surface area contributed by atoms with Crippen LogP contribution >= 0.6 is 0 Å². The zero-order chi connectivity index (χ0) is 15.4. The predicted molar refractivity (Wildman–Crippen MR) is 80.4 cm³/mol. The van der Waals surface area contributed by atoms with Crippen LogP contribution in [0.1, 0.15) is 10.4 Å². The number of hydrogen-bond donors (Lipinski definition) is 2. The van der Waals surface area contributed by atoms with E-state index in [4.69, 9.17) is 4.74 Å². The number of ketones is 1. The number of anilines is 1. The van der Waals surface area contributed by atoms with Crippen LogP contribution in [0.5, 0.6) is 17.2 Å². The maximum absolute atomic E-state index is 12.2. The van der Waals surface area contributed by atoms with E-state index in [1.165, 1.54) is 18.2 Å². The molecule has 0 aliphatic carbocycles. The Kier molecular flexibility index (Phi) is 4.33. The van der Waals surface area contributed by atoms with Gasteiger partial charge in [-0.3, -0.25) is 4.79 Å². The van der Waals surface area contributed by atoms with Gasteiger partial charge in [0.15, 0.2) is 17.3 Å². The topological polar surface area (TPSA) is 70.0 Å². The van der Waals surface area contributed by atoms with Crippen molar-refractivity contribution in [3.63, 3.8) is 0 Å². The van der Waals surface area contributed by atoms with Gasteiger partial charge < -0.3 is 19.8 Å². The number of likely N-dealkylation sites (N-methyl/N-ethyl adjacent to an activating group) is 1. The van der Waals surface area contributed by atoms with Crippen molar-refractivity contribution >= 4 is 11.5 Å². The lowest BCUT2D eigenvalue weighted by Crippen LogP contribution is -2.25. The summed E-state index contributed by atoms with van der Waals surface area (Å²) in [5.41, 5.74) is 1.23. The van der Waals surface area contributed by atoms with Crippen molar-refractivity contribution in [2.24, 2.45) is 0 Å². The van der Waals surface area contributed by atoms with Gasteiger partial charge in [0, 0.05) is 18.3 Å². The molecular formula is C16H17NO4. The predicted octanol–water partition coefficient (Wildman–Crippen LogP) is 2.43. The number of carbonyl (C=O) groups is 1. The minimum Gasteiger partial charge on any atom is -0.504 e. The number of ether oxygens (including phenoxy) is 1. The fourth-order valence-corrected chi connectivity index (χ4v) is 1.93. The van der Waals surface area contributed by atoms with E-state index in [2.05, 4.69) is 0 Å². The van der Waals surface area contributed by atoms with Crippen molar-refractivity contribution in [2.75, 3.05) is 25.6 Å². The van der Waals surface area contributed by atoms with Gasteiger partial charge in [-0.25, -0.2) is 0 Å². The van der Waals surface area contributed by atoms with Crippen LogP contribution in [0.15, 0.2) is 42.5 Å². The summed E-state index contributed by atoms with van der Waals surface area (Å²) in [7, 11) is 3.40. The quantitative estimate of drug-likeness (QED) is 0.653. The number of phenolic OH excluding ortho intramolecular Hbond substituents is 2. The lowest BCUT2D eigenvalue weighted by molar-refractivity contribution is 0.1000. The van der Waals surface area contributed by atoms with Crippen LogP contribution in [-0.2, 0) is 0 Å². The molecule has 0 saturated carbocycles. The highest BCUT2D eigenvalue weighted by atomic mass is 16.5. The van der Waals surface area contributed by atoms with Gasteiger partial charge in [-0.1, -0.05) is 0 Å². The number of nitrogens with zero attached hydrogens (tertiary/aromatic N) is 1. The average Bonchev–Trinajstić information content (AvgIpc) is 2.50. The number of Topliss-reactive ketones (excluding diaryl/α,β-unsaturated/α-hetero) is 1. The first-order valence-corrected chi connectivity index (χ1v) is 6.41. The van der Waals surface area contributed by atoms with Crippen LogP contribution in [0.3, 0.4) is 0 Å². The maximum atomic E-state index is 12.2. The van der Waals surface area contributed by atoms with E-state index in [9.17, 15) is 15.0 Å². The van der Waals surface area contributed by atoms with E-state index in [1.807, 2.05) is 24.3 Å². The molecule has 0 atom stereocenters. The molecule has 0 unspecified atom stereocenters. The lowest BCUT2D eigenvalue weighted by atomic mass is 10.1. The van der Waals surface area contributed by atoms with E-state index in [0.29, 0.717) is 5.56 Å². The number of rotatable bonds is 5. The number of carbonyl (C=O) groups excluding carboxylic acids is 1. The summed E-state index contributed by atoms with van der Waals surface area (Å²) < 4.78 is 5.09. The largest absolute Gasteiger partial charge is 0.504 e. The van der Waals surface area contributed by atoms with Gasteiger partial charge in [0.05, 0.1) is 13.7 Å². The molecule has 2 N–H and O–H groups in total. The first kappa shape index (κ1) is 14.7. The second kappa shape index (κ2) is 6.17. The summed E-state index contributed by atoms with van der Waals surface area (Å²) in [5.74, 6) is 0.0635. The van der Waals surface area contributed by atoms with Gasteiger partial charge in [0.2, 0.25) is 0 Å². The molecule has 110 valence electrons. The standard InChI is InChI=1S/C16H17NO4/c1-17(12-4-6-13(21-2)7-5-12)10-16(20)11-3-8-14(18)15(19)9-11/h3-9,18-19H,10H2,1-2H3. The molecule has 0 saturated heterocycles. The molecule has 0 aliphatic rings. The van der Waals surface area contributed by atoms with Gasteiger partial charge in [0.25, 0.3) is 0 Å². The van der Waals surface area contributed by atoms with Gasteiger partial charge in [-0.2, -0.15) is 0 Å². The normalized spacial score (nSPS) is 10.2. The molecule has 0 heterocycles. The molecule has 0 bridgehead atoms. The molecule has 0 aromatic heterocycles. The minimum absolute atomic E-state index is 0.149. The third-order valence-corrected chi connectivity index (χ3v) is 3.19. The van der Waals surface area contributed by atoms with Crippen LogP contribution in [0, 0.1) is 0 Å². The van der Waals surface area contributed by atoms with E-state index in [0.717, 1.165) is 11.4 Å². The van der Waals surface area contributed by atoms with Crippen LogP contribution < -0.4 is 9.64 Å². The zero-order valence-electron chi connectivity index (χ0n) is 11.9. The summed E-state index contributed by atoms with van der Waals surface area (Å²) in [4.78, 5) is 14.0. The van der Waals surface area contributed by atoms with E-state index >= 15 is 0 Å². The van der Waals surface area contributed by atoms with Gasteiger partial charge in [-0.05, 0) is 42.5 Å². The molecule has 0 aliphatic heterocycles. The summed E-state index contributed by atoms with van der Waals surface area (Å²) in [6.07, 6.45) is 0. The Labute approximate surface area is 123 Å². The third kappa shape index (κ3) is 3.45. The molecular weight excluding hydrogens is 270 g/mol. The van der Waals surface area contributed by atoms with Crippen LogP contribution in [0.25, 0.3) is 0 Å². The smallest absolute Gasteiger partial charge is 0.182 e. The number of benzene rings is 2. The van der Waals surface area contributed by atoms with Crippen LogP contribution in [0.2, 0.25) is 0 Å². The van der Waals surface area contributed by atoms with E-state index in [1.54, 1.807) is 19.1 Å². The van der Waals surface area contributed by atoms with E-state index in [-0.39, 0.29) is 23.8 Å². The van der Waals surface area contributed by atoms with Gasteiger partial charge in [-0.15, -0.1) is 0 Å². The molecule has 2 aromatic carbocycles. The number of methoxy groups -OCH3 is 1. The van der Waals surface area contributed by atoms with Crippen molar-refractivity contribution in [3.05, 3.63) is 48.0 Å². The van der Waals surface area contributed by atoms with Crippen molar-refractivity contribution in [3.8, 4) is 17.2 Å². The molecule has 2 rings (SSSR count). The molecule has 0 radical (unpaired) electrons. The molecule has 5 nitrogen and oxygen atoms in total. The van der Waals surface area contributed by atoms with Crippen LogP contribution in [0.4, 0.5) is 5.69 Å². The highest BCUT2D eigenvalue weighted by Gasteiger charge is 2.12. The molecule has 0 amide bonds. The average molecular weight is 287 g/mol. The Morgan fingerprint density at radius 3 is 2.33 bits per heavy atom. The molecule has 5 heteroatoms. The van der Waals surface area contributed by atoms with Crippen LogP contribution in [-0.4, -0.2) is 36.7 Å². The number of aromatic hydroxyl groups is 2. The zero-order valence-corrected chi connectivity index (χ0v) is 11.9. The highest BCUT2D eigenvalue weighted by Crippen LogP contribution is 2.25. The molecule has 2 aromatic rings. The number of phenols is 2. The Balaban J connectivity index is 2.08. The summed E-state index contributed by atoms with van der Waals surface area (Å²) >= 11 is 0. The summed E-state index contributed by atoms with van der Waals surface area (Å²) in [6, 6.07) is 11.4. The Morgan fingerprint density at radius 2 is 1.76 bits per heavy atom. The number of hydrogen-bond acceptors (Lipinski definition) is 5. The molecule has 21 heavy (non-hydrogen) atoms. The van der Waals surface area contributed by atoms with E-state index < -0.39 is 0 Å². The van der Waals surface area contributed by atoms with Crippen molar-refractivity contribution < 1.29 is 19.7 Å². The monoisotopic (exact) mass is 287 g/mol. The fourth-order valence-electron chi connectivity index (χ4n) is 1.93. The first-order chi connectivity index (χ1) is 10.0. The third-order valence-electron chi connectivity index (χ3n) is 3.19. The van der Waals surface area contributed by atoms with Gasteiger partial charge >= 0.3 is 0 Å². The summed E-state index contributed by atoms with van der Waals surface area (Å²) in [5, 5.41) is 18.7. The minimum atomic E-state index is -0.298. The fraction of sp³-hybridized carbons (Fsp3) is 0.188. The second-order valence-corrected chi connectivity index (χ2v) is 4.68. The van der Waals surface area contributed by atoms with Crippen molar-refractivity contribution in [1.29, 1.82) is 0 Å². The summed E-state index contributed by atoms with van der Waals surface area (Å²) in [6.45, 7) is 0.163. The van der Waals surface area contributed by atoms with Gasteiger partial charge in [0.1, 0.15) is 5.75 Å². The Hall–Kier alpha value is -2.69. The second-order valence-electron chi connectivity index (χ2n) is 4.68. The molecule has 0 fully saturated rings.